The molecule has 0 atom stereocenters. The Kier molecular flexibility index (Phi) is 8.68. The van der Waals surface area contributed by atoms with Crippen LogP contribution in [0.5, 0.6) is 5.75 Å². The van der Waals surface area contributed by atoms with Gasteiger partial charge in [0.05, 0.1) is 41.9 Å². The topological polar surface area (TPSA) is 39.9 Å². The maximum Gasteiger partial charge on any atom is 0.149 e. The summed E-state index contributed by atoms with van der Waals surface area (Å²) in [5.74, 6) is 1.21. The van der Waals surface area contributed by atoms with Crippen LogP contribution in [0.15, 0.2) is 164 Å². The molecule has 0 aliphatic rings. The molecule has 2 aromatic heterocycles. The Bertz CT molecular complexity index is 3550. The Labute approximate surface area is 390 Å². The van der Waals surface area contributed by atoms with Crippen LogP contribution in [0.1, 0.15) is 80.3 Å². The molecule has 4 nitrogen and oxygen atoms in total. The van der Waals surface area contributed by atoms with Gasteiger partial charge in [0.2, 0.25) is 0 Å². The molecule has 7 aromatic carbocycles. The minimum absolute atomic E-state index is 0.0985. The van der Waals surface area contributed by atoms with Crippen molar-refractivity contribution in [3.63, 3.8) is 0 Å². The molecule has 9 rings (SSSR count). The number of pyridine rings is 1. The van der Waals surface area contributed by atoms with E-state index in [4.69, 9.17) is 25.7 Å². The number of hydrogen-bond acceptors (Lipinski definition) is 3. The van der Waals surface area contributed by atoms with Crippen LogP contribution in [0.25, 0.3) is 83.9 Å². The van der Waals surface area contributed by atoms with Crippen molar-refractivity contribution < 1.29 is 15.7 Å². The maximum atomic E-state index is 9.02. The molecule has 318 valence electrons. The largest absolute Gasteiger partial charge is 0.496 e. The van der Waals surface area contributed by atoms with Crippen LogP contribution in [-0.2, 0) is 10.8 Å². The molecule has 9 aromatic rings. The maximum absolute atomic E-state index is 9.02. The van der Waals surface area contributed by atoms with Gasteiger partial charge in [-0.15, -0.1) is 0 Å². The monoisotopic (exact) mass is 844 g/mol. The number of ether oxygens (including phenoxy) is 1. The van der Waals surface area contributed by atoms with Gasteiger partial charge in [0.1, 0.15) is 11.6 Å². The average molecular weight is 844 g/mol. The van der Waals surface area contributed by atoms with Crippen LogP contribution >= 0.6 is 0 Å². The number of aromatic nitrogens is 3. The van der Waals surface area contributed by atoms with Gasteiger partial charge in [0.25, 0.3) is 0 Å². The number of imidazole rings is 1. The Balaban J connectivity index is 1.37. The zero-order valence-electron chi connectivity index (χ0n) is 46.0. The summed E-state index contributed by atoms with van der Waals surface area (Å²) in [6.07, 6.45) is 1.60. The minimum Gasteiger partial charge on any atom is -0.496 e. The van der Waals surface area contributed by atoms with Crippen LogP contribution in [0.3, 0.4) is 0 Å². The second kappa shape index (κ2) is 16.6. The van der Waals surface area contributed by atoms with Gasteiger partial charge >= 0.3 is 0 Å². The van der Waals surface area contributed by atoms with E-state index in [0.29, 0.717) is 39.6 Å². The van der Waals surface area contributed by atoms with Crippen molar-refractivity contribution in [3.05, 3.63) is 192 Å². The van der Waals surface area contributed by atoms with Gasteiger partial charge in [-0.2, -0.15) is 0 Å². The van der Waals surface area contributed by atoms with E-state index in [-0.39, 0.29) is 34.0 Å². The lowest BCUT2D eigenvalue weighted by Crippen LogP contribution is -2.11. The molecule has 2 heterocycles. The normalized spacial score (nSPS) is 13.9. The fourth-order valence-corrected chi connectivity index (χ4v) is 8.66. The molecule has 0 unspecified atom stereocenters. The van der Waals surface area contributed by atoms with E-state index in [1.165, 1.54) is 5.56 Å². The van der Waals surface area contributed by atoms with Crippen molar-refractivity contribution in [2.45, 2.75) is 73.1 Å². The standard InChI is InChI=1S/C60H57N3O/c1-38-30-40(3)57(64-10)52(31-38)58-62-56-49(45-33-46(35-48(34-45)60(7,8)9)53-36-44(28-29-61-53)41-18-13-11-14-19-41)22-17-23-54(56)63(58)55-32-39(2)50(42-20-15-12-16-21-42)37-51(55)43-24-26-47(27-25-43)59(4,5)6/h11-37H,1-10H3/i2D3,11D,13D,14D,18D,19D. The highest BCUT2D eigenvalue weighted by molar-refractivity contribution is 5.98. The van der Waals surface area contributed by atoms with Crippen molar-refractivity contribution >= 4 is 11.0 Å². The molecule has 0 radical (unpaired) electrons. The first-order valence-electron chi connectivity index (χ1n) is 25.7. The van der Waals surface area contributed by atoms with Gasteiger partial charge in [0.15, 0.2) is 0 Å². The molecule has 0 aliphatic heterocycles. The summed E-state index contributed by atoms with van der Waals surface area (Å²) in [6.45, 7) is 14.5. The third kappa shape index (κ3) is 8.05. The highest BCUT2D eigenvalue weighted by atomic mass is 16.5. The van der Waals surface area contributed by atoms with Gasteiger partial charge in [-0.3, -0.25) is 9.55 Å². The Morgan fingerprint density at radius 1 is 0.562 bits per heavy atom. The van der Waals surface area contributed by atoms with E-state index in [0.717, 1.165) is 61.2 Å². The number of hydrogen-bond donors (Lipinski definition) is 0. The van der Waals surface area contributed by atoms with Crippen molar-refractivity contribution in [2.24, 2.45) is 0 Å². The molecule has 64 heavy (non-hydrogen) atoms. The number of benzene rings is 7. The zero-order chi connectivity index (χ0) is 51.8. The van der Waals surface area contributed by atoms with Gasteiger partial charge < -0.3 is 4.74 Å². The van der Waals surface area contributed by atoms with Crippen LogP contribution in [0, 0.1) is 20.7 Å². The molecule has 4 heteroatoms. The molecule has 0 spiro atoms. The quantitative estimate of drug-likeness (QED) is 0.153. The SMILES string of the molecule is [2H]c1c([2H])c([2H])c(-c2ccnc(-c3cc(-c4cccc5c4nc(-c4cc(C)cc(C)c4OC)n5-c4cc(C([2H])([2H])[2H])c(-c5ccccc5)cc4-c4ccc(C(C)(C)C)cc4)cc(C(C)(C)C)c3)c2)c([2H])c1[2H]. The number of rotatable bonds is 8. The molecular formula is C60H57N3O. The minimum atomic E-state index is -2.49. The van der Waals surface area contributed by atoms with Crippen LogP contribution in [0.4, 0.5) is 0 Å². The molecule has 0 bridgehead atoms. The van der Waals surface area contributed by atoms with E-state index < -0.39 is 25.0 Å². The third-order valence-electron chi connectivity index (χ3n) is 12.0. The number of aryl methyl sites for hydroxylation is 3. The second-order valence-corrected chi connectivity index (χ2v) is 18.7. The first-order chi connectivity index (χ1) is 34.0. The molecule has 0 aliphatic carbocycles. The summed E-state index contributed by atoms with van der Waals surface area (Å²) < 4.78 is 77.7. The molecule has 0 amide bonds. The van der Waals surface area contributed by atoms with E-state index in [2.05, 4.69) is 101 Å². The van der Waals surface area contributed by atoms with Crippen LogP contribution < -0.4 is 4.74 Å². The number of para-hydroxylation sites is 1. The number of fused-ring (bicyclic) bond motifs is 1. The number of nitrogens with zero attached hydrogens (tertiary/aromatic N) is 3. The first kappa shape index (κ1) is 33.5. The zero-order valence-corrected chi connectivity index (χ0v) is 38.0. The second-order valence-electron chi connectivity index (χ2n) is 18.7. The van der Waals surface area contributed by atoms with Crippen molar-refractivity contribution in [2.75, 3.05) is 7.11 Å². The van der Waals surface area contributed by atoms with Gasteiger partial charge in [-0.1, -0.05) is 151 Å². The van der Waals surface area contributed by atoms with Gasteiger partial charge in [0, 0.05) is 27.0 Å². The lowest BCUT2D eigenvalue weighted by atomic mass is 9.83. The summed E-state index contributed by atoms with van der Waals surface area (Å²) >= 11 is 0. The molecule has 0 fully saturated rings. The average Bonchev–Trinajstić information content (AvgIpc) is 3.74. The highest BCUT2D eigenvalue weighted by Gasteiger charge is 2.26. The summed E-state index contributed by atoms with van der Waals surface area (Å²) in [6, 6.07) is 40.2. The summed E-state index contributed by atoms with van der Waals surface area (Å²) in [5.41, 5.74) is 13.3. The lowest BCUT2D eigenvalue weighted by molar-refractivity contribution is 0.413. The fourth-order valence-electron chi connectivity index (χ4n) is 8.66. The Morgan fingerprint density at radius 2 is 1.28 bits per heavy atom. The van der Waals surface area contributed by atoms with Gasteiger partial charge in [-0.05, 0) is 141 Å². The summed E-state index contributed by atoms with van der Waals surface area (Å²) in [4.78, 5) is 10.4. The smallest absolute Gasteiger partial charge is 0.149 e. The lowest BCUT2D eigenvalue weighted by Gasteiger charge is -2.22. The van der Waals surface area contributed by atoms with E-state index in [9.17, 15) is 0 Å². The Morgan fingerprint density at radius 3 is 1.98 bits per heavy atom. The molecule has 0 N–H and O–H groups in total. The molecule has 0 saturated carbocycles. The Hall–Kier alpha value is -7.04. The molecular weight excluding hydrogens is 779 g/mol. The van der Waals surface area contributed by atoms with Crippen LogP contribution in [-0.4, -0.2) is 21.6 Å². The highest BCUT2D eigenvalue weighted by Crippen LogP contribution is 2.44. The van der Waals surface area contributed by atoms with E-state index in [1.54, 1.807) is 25.4 Å². The van der Waals surface area contributed by atoms with E-state index >= 15 is 0 Å². The van der Waals surface area contributed by atoms with Crippen molar-refractivity contribution in [3.8, 4) is 78.6 Å². The van der Waals surface area contributed by atoms with Crippen molar-refractivity contribution in [1.82, 2.24) is 14.5 Å². The summed E-state index contributed by atoms with van der Waals surface area (Å²) in [7, 11) is 1.66. The number of methoxy groups -OCH3 is 1. The van der Waals surface area contributed by atoms with Crippen LogP contribution in [0.2, 0.25) is 0 Å². The fraction of sp³-hybridized carbons (Fsp3) is 0.200. The first-order valence-corrected chi connectivity index (χ1v) is 21.7. The molecule has 0 saturated heterocycles. The van der Waals surface area contributed by atoms with Crippen molar-refractivity contribution in [1.29, 1.82) is 0 Å². The summed E-state index contributed by atoms with van der Waals surface area (Å²) in [5, 5.41) is 0. The predicted octanol–water partition coefficient (Wildman–Crippen LogP) is 16.0. The van der Waals surface area contributed by atoms with E-state index in [1.807, 2.05) is 74.5 Å². The predicted molar refractivity (Wildman–Crippen MR) is 270 cm³/mol. The third-order valence-corrected chi connectivity index (χ3v) is 12.0. The van der Waals surface area contributed by atoms with Gasteiger partial charge in [-0.25, -0.2) is 4.98 Å².